The van der Waals surface area contributed by atoms with Crippen LogP contribution in [0.4, 0.5) is 0 Å². The lowest BCUT2D eigenvalue weighted by Crippen LogP contribution is -2.25. The lowest BCUT2D eigenvalue weighted by Gasteiger charge is -2.14. The van der Waals surface area contributed by atoms with Gasteiger partial charge in [-0.25, -0.2) is 0 Å². The van der Waals surface area contributed by atoms with E-state index in [1.54, 1.807) is 0 Å². The Balaban J connectivity index is 2.40. The van der Waals surface area contributed by atoms with Gasteiger partial charge in [0.05, 0.1) is 12.2 Å². The van der Waals surface area contributed by atoms with E-state index < -0.39 is 0 Å². The Hall–Kier alpha value is -1.59. The van der Waals surface area contributed by atoms with Crippen molar-refractivity contribution in [2.75, 3.05) is 26.2 Å². The molecule has 0 atom stereocenters. The molecule has 0 aromatic heterocycles. The fourth-order valence-electron chi connectivity index (χ4n) is 4.03. The highest BCUT2D eigenvalue weighted by Crippen LogP contribution is 2.22. The number of aryl methyl sites for hydroxylation is 1. The smallest absolute Gasteiger partial charge is 0.255 e. The zero-order valence-electron chi connectivity index (χ0n) is 21.3. The zero-order valence-corrected chi connectivity index (χ0v) is 21.3. The molecule has 1 rings (SSSR count). The Morgan fingerprint density at radius 3 is 2.06 bits per heavy atom. The molecular formula is C28H51N3O2. The zero-order chi connectivity index (χ0) is 24.0. The molecule has 0 aliphatic carbocycles. The first kappa shape index (κ1) is 29.4. The summed E-state index contributed by atoms with van der Waals surface area (Å²) in [4.78, 5) is 12.8. The fraction of sp³-hybridized carbons (Fsp3) is 0.750. The van der Waals surface area contributed by atoms with E-state index in [9.17, 15) is 4.79 Å². The van der Waals surface area contributed by atoms with Crippen LogP contribution in [0, 0.1) is 0 Å². The van der Waals surface area contributed by atoms with Gasteiger partial charge in [0.25, 0.3) is 5.91 Å². The molecule has 0 aliphatic rings. The van der Waals surface area contributed by atoms with Crippen LogP contribution in [0.3, 0.4) is 0 Å². The summed E-state index contributed by atoms with van der Waals surface area (Å²) in [5, 5.41) is 3.07. The molecule has 1 amide bonds. The number of carbonyl (C=O) groups excluding carboxylic acids is 1. The summed E-state index contributed by atoms with van der Waals surface area (Å²) in [6.07, 6.45) is 19.0. The molecule has 0 saturated carbocycles. The largest absolute Gasteiger partial charge is 0.493 e. The first-order valence-electron chi connectivity index (χ1n) is 13.7. The van der Waals surface area contributed by atoms with E-state index >= 15 is 0 Å². The van der Waals surface area contributed by atoms with Crippen molar-refractivity contribution >= 4 is 5.91 Å². The Bertz CT molecular complexity index is 607. The summed E-state index contributed by atoms with van der Waals surface area (Å²) >= 11 is 0. The summed E-state index contributed by atoms with van der Waals surface area (Å²) in [5.74, 6) is 0.657. The minimum Gasteiger partial charge on any atom is -0.493 e. The molecule has 1 aromatic rings. The molecule has 0 bridgehead atoms. The van der Waals surface area contributed by atoms with E-state index in [1.165, 1.54) is 57.8 Å². The van der Waals surface area contributed by atoms with Crippen LogP contribution in [-0.4, -0.2) is 32.1 Å². The Morgan fingerprint density at radius 1 is 0.788 bits per heavy atom. The maximum atomic E-state index is 12.8. The number of benzene rings is 1. The molecule has 0 saturated heterocycles. The lowest BCUT2D eigenvalue weighted by molar-refractivity contribution is 0.0948. The third-order valence-corrected chi connectivity index (χ3v) is 6.13. The van der Waals surface area contributed by atoms with Crippen molar-refractivity contribution in [2.45, 2.75) is 110 Å². The van der Waals surface area contributed by atoms with E-state index in [2.05, 4.69) is 18.3 Å². The maximum absolute atomic E-state index is 12.8. The van der Waals surface area contributed by atoms with Gasteiger partial charge in [-0.3, -0.25) is 4.79 Å². The van der Waals surface area contributed by atoms with Crippen molar-refractivity contribution in [1.29, 1.82) is 0 Å². The lowest BCUT2D eigenvalue weighted by atomic mass is 10.0. The second kappa shape index (κ2) is 21.0. The number of unbranched alkanes of at least 4 members (excludes halogenated alkanes) is 12. The van der Waals surface area contributed by atoms with Gasteiger partial charge in [-0.2, -0.15) is 0 Å². The van der Waals surface area contributed by atoms with Crippen molar-refractivity contribution < 1.29 is 9.53 Å². The number of carbonyl (C=O) groups is 1. The Labute approximate surface area is 203 Å². The third-order valence-electron chi connectivity index (χ3n) is 6.13. The SMILES string of the molecule is CCCCCCCCCCCCOc1ccc(CCCN)cc1C(=O)NCCCCCCN. The minimum absolute atomic E-state index is 0.0403. The first-order valence-corrected chi connectivity index (χ1v) is 13.7. The third kappa shape index (κ3) is 15.0. The Kier molecular flexibility index (Phi) is 18.7. The summed E-state index contributed by atoms with van der Waals surface area (Å²) < 4.78 is 6.05. The maximum Gasteiger partial charge on any atom is 0.255 e. The molecular weight excluding hydrogens is 410 g/mol. The van der Waals surface area contributed by atoms with Gasteiger partial charge >= 0.3 is 0 Å². The van der Waals surface area contributed by atoms with Crippen molar-refractivity contribution in [3.05, 3.63) is 29.3 Å². The van der Waals surface area contributed by atoms with Crippen LogP contribution in [-0.2, 0) is 6.42 Å². The number of hydrogen-bond acceptors (Lipinski definition) is 4. The van der Waals surface area contributed by atoms with Gasteiger partial charge in [-0.1, -0.05) is 83.6 Å². The molecule has 33 heavy (non-hydrogen) atoms. The van der Waals surface area contributed by atoms with Crippen LogP contribution < -0.4 is 21.5 Å². The molecule has 0 fully saturated rings. The average Bonchev–Trinajstić information content (AvgIpc) is 2.83. The topological polar surface area (TPSA) is 90.4 Å². The number of ether oxygens (including phenoxy) is 1. The molecule has 5 heteroatoms. The molecule has 5 nitrogen and oxygen atoms in total. The van der Waals surface area contributed by atoms with E-state index in [0.717, 1.165) is 57.1 Å². The van der Waals surface area contributed by atoms with E-state index in [4.69, 9.17) is 16.2 Å². The standard InChI is InChI=1S/C28H51N3O2/c1-2-3-4-5-6-7-8-9-12-15-23-33-27-19-18-25(17-16-21-30)24-26(27)28(32)31-22-14-11-10-13-20-29/h18-19,24H,2-17,20-23,29-30H2,1H3,(H,31,32). The number of nitrogens with two attached hydrogens (primary N) is 2. The van der Waals surface area contributed by atoms with Crippen LogP contribution >= 0.6 is 0 Å². The minimum atomic E-state index is -0.0403. The first-order chi connectivity index (χ1) is 16.2. The quantitative estimate of drug-likeness (QED) is 0.181. The highest BCUT2D eigenvalue weighted by atomic mass is 16.5. The van der Waals surface area contributed by atoms with Gasteiger partial charge in [0.15, 0.2) is 0 Å². The van der Waals surface area contributed by atoms with E-state index in [1.807, 2.05) is 12.1 Å². The summed E-state index contributed by atoms with van der Waals surface area (Å²) in [6.45, 7) is 5.01. The second-order valence-corrected chi connectivity index (χ2v) is 9.21. The normalized spacial score (nSPS) is 11.0. The molecule has 0 aliphatic heterocycles. The van der Waals surface area contributed by atoms with Gasteiger partial charge in [-0.05, 0) is 62.9 Å². The highest BCUT2D eigenvalue weighted by molar-refractivity contribution is 5.97. The van der Waals surface area contributed by atoms with Crippen molar-refractivity contribution in [2.24, 2.45) is 11.5 Å². The summed E-state index contributed by atoms with van der Waals surface area (Å²) in [6, 6.07) is 6.00. The number of rotatable bonds is 22. The van der Waals surface area contributed by atoms with Crippen LogP contribution in [0.25, 0.3) is 0 Å². The van der Waals surface area contributed by atoms with Crippen molar-refractivity contribution in [3.8, 4) is 5.75 Å². The Morgan fingerprint density at radius 2 is 1.39 bits per heavy atom. The fourth-order valence-corrected chi connectivity index (χ4v) is 4.03. The van der Waals surface area contributed by atoms with Gasteiger partial charge < -0.3 is 21.5 Å². The van der Waals surface area contributed by atoms with Gasteiger partial charge in [0, 0.05) is 6.54 Å². The van der Waals surface area contributed by atoms with Crippen LogP contribution in [0.15, 0.2) is 18.2 Å². The number of nitrogens with one attached hydrogen (secondary N) is 1. The van der Waals surface area contributed by atoms with Crippen molar-refractivity contribution in [3.63, 3.8) is 0 Å². The van der Waals surface area contributed by atoms with Gasteiger partial charge in [0.1, 0.15) is 5.75 Å². The van der Waals surface area contributed by atoms with Crippen LogP contribution in [0.5, 0.6) is 5.75 Å². The summed E-state index contributed by atoms with van der Waals surface area (Å²) in [7, 11) is 0. The number of hydrogen-bond donors (Lipinski definition) is 3. The predicted molar refractivity (Wildman–Crippen MR) is 141 cm³/mol. The molecule has 0 heterocycles. The molecule has 5 N–H and O–H groups in total. The van der Waals surface area contributed by atoms with Gasteiger partial charge in [0.2, 0.25) is 0 Å². The molecule has 0 unspecified atom stereocenters. The van der Waals surface area contributed by atoms with E-state index in [0.29, 0.717) is 31.0 Å². The van der Waals surface area contributed by atoms with Crippen LogP contribution in [0.1, 0.15) is 119 Å². The summed E-state index contributed by atoms with van der Waals surface area (Å²) in [5.41, 5.74) is 13.0. The van der Waals surface area contributed by atoms with Gasteiger partial charge in [-0.15, -0.1) is 0 Å². The monoisotopic (exact) mass is 461 g/mol. The van der Waals surface area contributed by atoms with Crippen LogP contribution in [0.2, 0.25) is 0 Å². The molecule has 1 aromatic carbocycles. The average molecular weight is 462 g/mol. The number of amides is 1. The molecule has 0 spiro atoms. The highest BCUT2D eigenvalue weighted by Gasteiger charge is 2.13. The second-order valence-electron chi connectivity index (χ2n) is 9.21. The molecule has 0 radical (unpaired) electrons. The van der Waals surface area contributed by atoms with Crippen molar-refractivity contribution in [1.82, 2.24) is 5.32 Å². The van der Waals surface area contributed by atoms with E-state index in [-0.39, 0.29) is 5.91 Å². The predicted octanol–water partition coefficient (Wildman–Crippen LogP) is 6.13. The molecule has 190 valence electrons.